The largest absolute Gasteiger partial charge is 0.172 e. The van der Waals surface area contributed by atoms with Gasteiger partial charge in [0.15, 0.2) is 0 Å². The van der Waals surface area contributed by atoms with E-state index in [1.807, 2.05) is 11.8 Å². The normalized spacial score (nSPS) is 13.4. The molecule has 0 saturated carbocycles. The summed E-state index contributed by atoms with van der Waals surface area (Å²) in [6.45, 7) is 0. The topological polar surface area (TPSA) is 25.8 Å². The second-order valence-corrected chi connectivity index (χ2v) is 6.37. The lowest BCUT2D eigenvalue weighted by atomic mass is 10.0. The van der Waals surface area contributed by atoms with E-state index in [9.17, 15) is 0 Å². The number of rotatable bonds is 0. The molecule has 0 radical (unpaired) electrons. The minimum atomic E-state index is 1.00. The molecule has 0 N–H and O–H groups in total. The van der Waals surface area contributed by atoms with E-state index in [0.29, 0.717) is 0 Å². The molecule has 0 unspecified atom stereocenters. The molecule has 0 amide bonds. The van der Waals surface area contributed by atoms with Gasteiger partial charge in [-0.1, -0.05) is 36.4 Å². The lowest BCUT2D eigenvalue weighted by Gasteiger charge is -2.03. The van der Waals surface area contributed by atoms with Gasteiger partial charge in [0.2, 0.25) is 0 Å². The fourth-order valence-corrected chi connectivity index (χ4v) is 3.99. The fraction of sp³-hybridized carbons (Fsp3) is 0.125. The van der Waals surface area contributed by atoms with Gasteiger partial charge in [-0.15, -0.1) is 0 Å². The summed E-state index contributed by atoms with van der Waals surface area (Å²) in [7, 11) is 0. The van der Waals surface area contributed by atoms with Crippen LogP contribution in [0.4, 0.5) is 0 Å². The summed E-state index contributed by atoms with van der Waals surface area (Å²) in [6.07, 6.45) is 0. The van der Waals surface area contributed by atoms with E-state index in [1.165, 1.54) is 34.0 Å². The highest BCUT2D eigenvalue weighted by atomic mass is 32.2. The van der Waals surface area contributed by atoms with Crippen LogP contribution in [0.2, 0.25) is 0 Å². The summed E-state index contributed by atoms with van der Waals surface area (Å²) in [5, 5.41) is 0. The molecule has 1 aliphatic heterocycles. The van der Waals surface area contributed by atoms with Crippen molar-refractivity contribution < 1.29 is 0 Å². The zero-order valence-corrected chi connectivity index (χ0v) is 12.4. The van der Waals surface area contributed by atoms with E-state index in [1.54, 1.807) is 0 Å². The molecule has 4 heteroatoms. The summed E-state index contributed by atoms with van der Waals surface area (Å²) in [6, 6.07) is 17.3. The second kappa shape index (κ2) is 5.04. The average Bonchev–Trinajstić information content (AvgIpc) is 2.96. The fourth-order valence-electron chi connectivity index (χ4n) is 2.47. The van der Waals surface area contributed by atoms with Gasteiger partial charge in [-0.25, -0.2) is 0 Å². The lowest BCUT2D eigenvalue weighted by Crippen LogP contribution is -1.86. The van der Waals surface area contributed by atoms with E-state index >= 15 is 0 Å². The Morgan fingerprint density at radius 1 is 0.750 bits per heavy atom. The number of thioether (sulfide) groups is 1. The lowest BCUT2D eigenvalue weighted by molar-refractivity contribution is 1.37. The molecule has 98 valence electrons. The third-order valence-electron chi connectivity index (χ3n) is 3.43. The number of aromatic nitrogens is 2. The summed E-state index contributed by atoms with van der Waals surface area (Å²) < 4.78 is 9.02. The van der Waals surface area contributed by atoms with E-state index in [-0.39, 0.29) is 0 Å². The Morgan fingerprint density at radius 2 is 1.30 bits per heavy atom. The summed E-state index contributed by atoms with van der Waals surface area (Å²) in [5.41, 5.74) is 7.03. The molecule has 0 atom stereocenters. The number of hydrogen-bond acceptors (Lipinski definition) is 4. The molecular formula is C16H12N2S2. The van der Waals surface area contributed by atoms with Crippen LogP contribution >= 0.6 is 23.5 Å². The van der Waals surface area contributed by atoms with Gasteiger partial charge in [0.25, 0.3) is 0 Å². The Labute approximate surface area is 126 Å². The predicted octanol–water partition coefficient (Wildman–Crippen LogP) is 4.62. The second-order valence-electron chi connectivity index (χ2n) is 4.85. The van der Waals surface area contributed by atoms with Crippen molar-refractivity contribution in [1.29, 1.82) is 0 Å². The first-order valence-corrected chi connectivity index (χ1v) is 8.37. The third kappa shape index (κ3) is 2.15. The van der Waals surface area contributed by atoms with Crippen LogP contribution in [0.25, 0.3) is 22.5 Å². The first kappa shape index (κ1) is 12.1. The van der Waals surface area contributed by atoms with Gasteiger partial charge in [-0.3, -0.25) is 0 Å². The molecule has 4 bridgehead atoms. The van der Waals surface area contributed by atoms with Crippen LogP contribution in [0.5, 0.6) is 0 Å². The molecule has 2 nitrogen and oxygen atoms in total. The molecule has 0 aliphatic carbocycles. The van der Waals surface area contributed by atoms with Crippen LogP contribution in [0.15, 0.2) is 48.5 Å². The Hall–Kier alpha value is -1.65. The molecule has 1 aromatic heterocycles. The maximum Gasteiger partial charge on any atom is 0.112 e. The quantitative estimate of drug-likeness (QED) is 0.605. The monoisotopic (exact) mass is 296 g/mol. The Bertz CT molecular complexity index is 702. The van der Waals surface area contributed by atoms with E-state index in [2.05, 4.69) is 57.3 Å². The van der Waals surface area contributed by atoms with E-state index in [0.717, 1.165) is 22.9 Å². The SMILES string of the molecule is c1cc2cc(c1)-c1nsnc1-c1cccc(c1)CSC2. The minimum absolute atomic E-state index is 1.00. The van der Waals surface area contributed by atoms with Crippen LogP contribution in [0.1, 0.15) is 11.1 Å². The van der Waals surface area contributed by atoms with Crippen molar-refractivity contribution in [2.45, 2.75) is 11.5 Å². The van der Waals surface area contributed by atoms with Gasteiger partial charge in [0, 0.05) is 22.6 Å². The van der Waals surface area contributed by atoms with Crippen LogP contribution < -0.4 is 0 Å². The van der Waals surface area contributed by atoms with Gasteiger partial charge in [0.05, 0.1) is 11.7 Å². The van der Waals surface area contributed by atoms with E-state index in [4.69, 9.17) is 0 Å². The van der Waals surface area contributed by atoms with Gasteiger partial charge in [-0.2, -0.15) is 20.5 Å². The number of nitrogens with zero attached hydrogens (tertiary/aromatic N) is 2. The Morgan fingerprint density at radius 3 is 1.85 bits per heavy atom. The highest BCUT2D eigenvalue weighted by molar-refractivity contribution is 7.97. The first-order chi connectivity index (χ1) is 9.90. The van der Waals surface area contributed by atoms with Gasteiger partial charge in [-0.05, 0) is 23.3 Å². The van der Waals surface area contributed by atoms with Crippen molar-refractivity contribution in [3.63, 3.8) is 0 Å². The molecular weight excluding hydrogens is 284 g/mol. The highest BCUT2D eigenvalue weighted by Gasteiger charge is 2.14. The average molecular weight is 296 g/mol. The van der Waals surface area contributed by atoms with Crippen molar-refractivity contribution in [3.8, 4) is 22.5 Å². The van der Waals surface area contributed by atoms with Crippen LogP contribution in [0, 0.1) is 0 Å². The summed E-state index contributed by atoms with van der Waals surface area (Å²) >= 11 is 3.24. The molecule has 1 aliphatic rings. The van der Waals surface area contributed by atoms with Gasteiger partial charge in [0.1, 0.15) is 11.4 Å². The first-order valence-electron chi connectivity index (χ1n) is 6.49. The molecule has 0 spiro atoms. The van der Waals surface area contributed by atoms with Crippen molar-refractivity contribution in [2.24, 2.45) is 0 Å². The standard InChI is InChI=1S/C16H12N2S2/c1-3-11-7-13(5-1)15-16(18-20-17-15)14-6-2-4-12(8-14)10-19-9-11/h1-8H,9-10H2. The van der Waals surface area contributed by atoms with Crippen LogP contribution in [-0.2, 0) is 11.5 Å². The molecule has 20 heavy (non-hydrogen) atoms. The maximum absolute atomic E-state index is 4.51. The van der Waals surface area contributed by atoms with E-state index < -0.39 is 0 Å². The molecule has 2 aromatic carbocycles. The van der Waals surface area contributed by atoms with Gasteiger partial charge >= 0.3 is 0 Å². The number of benzene rings is 2. The number of fused-ring (bicyclic) bond motifs is 7. The molecule has 3 aromatic rings. The minimum Gasteiger partial charge on any atom is -0.172 e. The van der Waals surface area contributed by atoms with Crippen molar-refractivity contribution in [3.05, 3.63) is 59.7 Å². The molecule has 0 saturated heterocycles. The van der Waals surface area contributed by atoms with Crippen molar-refractivity contribution in [1.82, 2.24) is 8.75 Å². The molecule has 0 fully saturated rings. The number of hydrogen-bond donors (Lipinski definition) is 0. The summed E-state index contributed by atoms with van der Waals surface area (Å²) in [5.74, 6) is 2.07. The van der Waals surface area contributed by atoms with Crippen molar-refractivity contribution in [2.75, 3.05) is 0 Å². The third-order valence-corrected chi connectivity index (χ3v) is 5.03. The summed E-state index contributed by atoms with van der Waals surface area (Å²) in [4.78, 5) is 0. The highest BCUT2D eigenvalue weighted by Crippen LogP contribution is 2.33. The maximum atomic E-state index is 4.51. The smallest absolute Gasteiger partial charge is 0.112 e. The van der Waals surface area contributed by atoms with Crippen molar-refractivity contribution >= 4 is 23.5 Å². The van der Waals surface area contributed by atoms with Crippen LogP contribution in [0.3, 0.4) is 0 Å². The Balaban J connectivity index is 1.97. The van der Waals surface area contributed by atoms with Crippen LogP contribution in [-0.4, -0.2) is 8.75 Å². The Kier molecular flexibility index (Phi) is 3.05. The zero-order chi connectivity index (χ0) is 13.4. The van der Waals surface area contributed by atoms with Gasteiger partial charge < -0.3 is 0 Å². The molecule has 2 heterocycles. The molecule has 4 rings (SSSR count). The zero-order valence-electron chi connectivity index (χ0n) is 10.7. The predicted molar refractivity (Wildman–Crippen MR) is 85.8 cm³/mol.